The monoisotopic (exact) mass is 210 g/mol. The van der Waals surface area contributed by atoms with Gasteiger partial charge in [-0.05, 0) is 12.1 Å². The van der Waals surface area contributed by atoms with E-state index < -0.39 is 5.92 Å². The van der Waals surface area contributed by atoms with Crippen LogP contribution in [-0.2, 0) is 5.92 Å². The van der Waals surface area contributed by atoms with E-state index in [4.69, 9.17) is 0 Å². The lowest BCUT2D eigenvalue weighted by atomic mass is 10.1. The fraction of sp³-hybridized carbons (Fsp3) is 0.200. The van der Waals surface area contributed by atoms with Gasteiger partial charge in [0, 0.05) is 18.7 Å². The van der Waals surface area contributed by atoms with Crippen LogP contribution < -0.4 is 0 Å². The molecule has 0 aromatic carbocycles. The van der Waals surface area contributed by atoms with Gasteiger partial charge in [-0.25, -0.2) is 13.3 Å². The van der Waals surface area contributed by atoms with E-state index in [0.717, 1.165) is 6.92 Å². The summed E-state index contributed by atoms with van der Waals surface area (Å²) >= 11 is 0. The maximum Gasteiger partial charge on any atom is 0.272 e. The van der Waals surface area contributed by atoms with Crippen LogP contribution in [0.25, 0.3) is 5.52 Å². The molecule has 0 amide bonds. The Morgan fingerprint density at radius 2 is 2.20 bits per heavy atom. The molecule has 0 aliphatic rings. The Balaban J connectivity index is 2.63. The van der Waals surface area contributed by atoms with Gasteiger partial charge in [-0.3, -0.25) is 4.79 Å². The highest BCUT2D eigenvalue weighted by Gasteiger charge is 2.24. The number of carbonyl (C=O) groups is 1. The number of aldehydes is 1. The first kappa shape index (κ1) is 9.76. The highest BCUT2D eigenvalue weighted by atomic mass is 19.3. The van der Waals surface area contributed by atoms with Crippen LogP contribution >= 0.6 is 0 Å². The molecular formula is C10H8F2N2O. The van der Waals surface area contributed by atoms with Gasteiger partial charge in [-0.15, -0.1) is 0 Å². The van der Waals surface area contributed by atoms with Gasteiger partial charge in [0.15, 0.2) is 6.29 Å². The molecule has 0 fully saturated rings. The zero-order chi connectivity index (χ0) is 11.1. The molecule has 2 aromatic rings. The molecule has 2 rings (SSSR count). The van der Waals surface area contributed by atoms with Gasteiger partial charge >= 0.3 is 0 Å². The zero-order valence-corrected chi connectivity index (χ0v) is 7.95. The topological polar surface area (TPSA) is 34.4 Å². The Bertz CT molecular complexity index is 514. The first-order chi connectivity index (χ1) is 7.02. The van der Waals surface area contributed by atoms with Gasteiger partial charge in [0.2, 0.25) is 0 Å². The van der Waals surface area contributed by atoms with E-state index in [9.17, 15) is 13.6 Å². The molecule has 0 radical (unpaired) electrons. The maximum atomic E-state index is 13.0. The second-order valence-corrected chi connectivity index (χ2v) is 3.35. The zero-order valence-electron chi connectivity index (χ0n) is 7.95. The second kappa shape index (κ2) is 3.12. The lowest BCUT2D eigenvalue weighted by Gasteiger charge is -2.10. The highest BCUT2D eigenvalue weighted by Crippen LogP contribution is 2.27. The summed E-state index contributed by atoms with van der Waals surface area (Å²) < 4.78 is 27.2. The minimum absolute atomic E-state index is 0.129. The normalized spacial score (nSPS) is 11.9. The van der Waals surface area contributed by atoms with Crippen LogP contribution in [0.2, 0.25) is 0 Å². The van der Waals surface area contributed by atoms with Crippen LogP contribution in [0, 0.1) is 0 Å². The minimum Gasteiger partial charge on any atom is -0.298 e. The first-order valence-electron chi connectivity index (χ1n) is 4.33. The third-order valence-corrected chi connectivity index (χ3v) is 2.18. The van der Waals surface area contributed by atoms with E-state index in [1.165, 1.54) is 29.0 Å². The molecule has 0 saturated carbocycles. The van der Waals surface area contributed by atoms with Crippen molar-refractivity contribution >= 4 is 11.8 Å². The molecule has 0 bridgehead atoms. The molecule has 3 nitrogen and oxygen atoms in total. The Morgan fingerprint density at radius 3 is 2.80 bits per heavy atom. The summed E-state index contributed by atoms with van der Waals surface area (Å²) in [6.45, 7) is 0.818. The Morgan fingerprint density at radius 1 is 1.47 bits per heavy atom. The number of rotatable bonds is 2. The predicted molar refractivity (Wildman–Crippen MR) is 50.1 cm³/mol. The summed E-state index contributed by atoms with van der Waals surface area (Å²) in [7, 11) is 0. The van der Waals surface area contributed by atoms with E-state index in [1.54, 1.807) is 0 Å². The first-order valence-corrected chi connectivity index (χ1v) is 4.33. The number of nitrogens with zero attached hydrogens (tertiary/aromatic N) is 2. The van der Waals surface area contributed by atoms with Crippen molar-refractivity contribution in [2.24, 2.45) is 0 Å². The molecule has 0 unspecified atom stereocenters. The van der Waals surface area contributed by atoms with Gasteiger partial charge in [0.25, 0.3) is 5.92 Å². The van der Waals surface area contributed by atoms with Crippen LogP contribution in [0.15, 0.2) is 24.5 Å². The number of halogens is 2. The lowest BCUT2D eigenvalue weighted by Crippen LogP contribution is -2.08. The SMILES string of the molecule is CC(F)(F)c1ccc2c(C=O)cnn2c1. The quantitative estimate of drug-likeness (QED) is 0.712. The van der Waals surface area contributed by atoms with E-state index in [1.807, 2.05) is 0 Å². The van der Waals surface area contributed by atoms with Gasteiger partial charge in [0.1, 0.15) is 0 Å². The van der Waals surface area contributed by atoms with E-state index in [0.29, 0.717) is 17.4 Å². The lowest BCUT2D eigenvalue weighted by molar-refractivity contribution is 0.0170. The van der Waals surface area contributed by atoms with Crippen LogP contribution in [-0.4, -0.2) is 15.9 Å². The third kappa shape index (κ3) is 1.60. The summed E-state index contributed by atoms with van der Waals surface area (Å²) in [6.07, 6.45) is 3.22. The van der Waals surface area contributed by atoms with E-state index in [-0.39, 0.29) is 5.56 Å². The van der Waals surface area contributed by atoms with Crippen molar-refractivity contribution in [2.75, 3.05) is 0 Å². The van der Waals surface area contributed by atoms with Crippen molar-refractivity contribution in [1.82, 2.24) is 9.61 Å². The molecular weight excluding hydrogens is 202 g/mol. The average Bonchev–Trinajstić information content (AvgIpc) is 2.58. The highest BCUT2D eigenvalue weighted by molar-refractivity contribution is 5.85. The van der Waals surface area contributed by atoms with E-state index >= 15 is 0 Å². The number of fused-ring (bicyclic) bond motifs is 1. The van der Waals surface area contributed by atoms with Crippen molar-refractivity contribution < 1.29 is 13.6 Å². The minimum atomic E-state index is -2.90. The van der Waals surface area contributed by atoms with Crippen LogP contribution in [0.5, 0.6) is 0 Å². The molecule has 0 saturated heterocycles. The standard InChI is InChI=1S/C10H8F2N2O/c1-10(11,12)8-2-3-9-7(6-15)4-13-14(9)5-8/h2-6H,1H3. The van der Waals surface area contributed by atoms with Gasteiger partial charge < -0.3 is 0 Å². The van der Waals surface area contributed by atoms with Crippen molar-refractivity contribution in [3.63, 3.8) is 0 Å². The Labute approximate surface area is 84.3 Å². The van der Waals surface area contributed by atoms with Gasteiger partial charge in [0.05, 0.1) is 17.3 Å². The van der Waals surface area contributed by atoms with Crippen molar-refractivity contribution in [3.8, 4) is 0 Å². The summed E-state index contributed by atoms with van der Waals surface area (Å²) in [4.78, 5) is 10.6. The van der Waals surface area contributed by atoms with Crippen molar-refractivity contribution in [2.45, 2.75) is 12.8 Å². The molecule has 78 valence electrons. The van der Waals surface area contributed by atoms with E-state index in [2.05, 4.69) is 5.10 Å². The molecule has 0 N–H and O–H groups in total. The fourth-order valence-corrected chi connectivity index (χ4v) is 1.35. The third-order valence-electron chi connectivity index (χ3n) is 2.18. The number of alkyl halides is 2. The van der Waals surface area contributed by atoms with Crippen molar-refractivity contribution in [3.05, 3.63) is 35.7 Å². The van der Waals surface area contributed by atoms with Crippen LogP contribution in [0.3, 0.4) is 0 Å². The number of aromatic nitrogens is 2. The van der Waals surface area contributed by atoms with Gasteiger partial charge in [-0.1, -0.05) is 0 Å². The number of hydrogen-bond donors (Lipinski definition) is 0. The molecule has 0 atom stereocenters. The molecule has 15 heavy (non-hydrogen) atoms. The molecule has 0 spiro atoms. The predicted octanol–water partition coefficient (Wildman–Crippen LogP) is 2.26. The second-order valence-electron chi connectivity index (χ2n) is 3.35. The number of carbonyl (C=O) groups excluding carboxylic acids is 1. The molecule has 2 heterocycles. The average molecular weight is 210 g/mol. The summed E-state index contributed by atoms with van der Waals surface area (Å²) in [5.41, 5.74) is 0.787. The smallest absolute Gasteiger partial charge is 0.272 e. The van der Waals surface area contributed by atoms with Crippen LogP contribution in [0.4, 0.5) is 8.78 Å². The molecule has 5 heteroatoms. The summed E-state index contributed by atoms with van der Waals surface area (Å²) in [6, 6.07) is 2.76. The molecule has 0 aliphatic heterocycles. The summed E-state index contributed by atoms with van der Waals surface area (Å²) in [5, 5.41) is 3.82. The Hall–Kier alpha value is -1.78. The maximum absolute atomic E-state index is 13.0. The largest absolute Gasteiger partial charge is 0.298 e. The Kier molecular flexibility index (Phi) is 2.03. The van der Waals surface area contributed by atoms with Crippen molar-refractivity contribution in [1.29, 1.82) is 0 Å². The summed E-state index contributed by atoms with van der Waals surface area (Å²) in [5.74, 6) is -2.90. The van der Waals surface area contributed by atoms with Crippen LogP contribution in [0.1, 0.15) is 22.8 Å². The molecule has 0 aliphatic carbocycles. The fourth-order valence-electron chi connectivity index (χ4n) is 1.35. The number of hydrogen-bond acceptors (Lipinski definition) is 2. The molecule has 2 aromatic heterocycles. The van der Waals surface area contributed by atoms with Gasteiger partial charge in [-0.2, -0.15) is 5.10 Å². The number of pyridine rings is 1.